The van der Waals surface area contributed by atoms with E-state index in [1.807, 2.05) is 30.3 Å². The normalized spacial score (nSPS) is 16.5. The fraction of sp³-hybridized carbons (Fsp3) is 0.409. The van der Waals surface area contributed by atoms with Gasteiger partial charge in [-0.3, -0.25) is 4.99 Å². The largest absolute Gasteiger partial charge is 0.508 e. The molecule has 0 aromatic heterocycles. The van der Waals surface area contributed by atoms with Crippen molar-refractivity contribution in [1.82, 2.24) is 10.6 Å². The summed E-state index contributed by atoms with van der Waals surface area (Å²) in [5.74, 6) is 2.44. The fourth-order valence-electron chi connectivity index (χ4n) is 3.59. The van der Waals surface area contributed by atoms with Crippen molar-refractivity contribution in [1.29, 1.82) is 0 Å². The highest BCUT2D eigenvalue weighted by Gasteiger charge is 2.25. The van der Waals surface area contributed by atoms with Crippen LogP contribution in [-0.4, -0.2) is 58.0 Å². The molecular formula is C22H29ClN4O3. The molecule has 0 saturated carbocycles. The van der Waals surface area contributed by atoms with Gasteiger partial charge in [0.1, 0.15) is 17.2 Å². The van der Waals surface area contributed by atoms with Crippen molar-refractivity contribution in [3.8, 4) is 17.2 Å². The van der Waals surface area contributed by atoms with Crippen LogP contribution in [0.5, 0.6) is 17.2 Å². The molecule has 162 valence electrons. The maximum absolute atomic E-state index is 10.1. The molecule has 0 bridgehead atoms. The Kier molecular flexibility index (Phi) is 7.52. The number of nitrogens with one attached hydrogen (secondary N) is 2. The van der Waals surface area contributed by atoms with Crippen molar-refractivity contribution in [3.05, 3.63) is 47.0 Å². The fourth-order valence-corrected chi connectivity index (χ4v) is 3.76. The van der Waals surface area contributed by atoms with E-state index in [1.54, 1.807) is 27.3 Å². The van der Waals surface area contributed by atoms with Gasteiger partial charge in [0.25, 0.3) is 0 Å². The van der Waals surface area contributed by atoms with Gasteiger partial charge in [0.2, 0.25) is 0 Å². The zero-order valence-corrected chi connectivity index (χ0v) is 18.4. The maximum Gasteiger partial charge on any atom is 0.191 e. The third-order valence-electron chi connectivity index (χ3n) is 5.21. The highest BCUT2D eigenvalue weighted by molar-refractivity contribution is 6.30. The Hall–Kier alpha value is -2.80. The number of ether oxygens (including phenoxy) is 2. The molecule has 0 aliphatic carbocycles. The molecule has 1 saturated heterocycles. The average Bonchev–Trinajstić information content (AvgIpc) is 3.22. The number of phenolic OH excluding ortho intramolecular Hbond substituents is 1. The number of aromatic hydroxyl groups is 1. The van der Waals surface area contributed by atoms with Gasteiger partial charge < -0.3 is 30.1 Å². The van der Waals surface area contributed by atoms with E-state index >= 15 is 0 Å². The Morgan fingerprint density at radius 3 is 2.77 bits per heavy atom. The molecular weight excluding hydrogens is 404 g/mol. The minimum Gasteiger partial charge on any atom is -0.508 e. The number of guanidine groups is 1. The summed E-state index contributed by atoms with van der Waals surface area (Å²) >= 11 is 6.18. The van der Waals surface area contributed by atoms with Gasteiger partial charge in [-0.05, 0) is 42.7 Å². The van der Waals surface area contributed by atoms with Crippen molar-refractivity contribution >= 4 is 23.2 Å². The molecule has 30 heavy (non-hydrogen) atoms. The molecule has 2 aromatic carbocycles. The standard InChI is InChI=1S/C22H29ClN4O3/c1-24-22(25-10-8-15-4-6-18(29-2)13-20(15)28)26-17-9-11-27(14-17)19-12-16(23)5-7-21(19)30-3/h4-7,12-13,17,28H,8-11,14H2,1-3H3,(H2,24,25,26). The lowest BCUT2D eigenvalue weighted by Crippen LogP contribution is -2.45. The van der Waals surface area contributed by atoms with E-state index in [9.17, 15) is 5.11 Å². The highest BCUT2D eigenvalue weighted by Crippen LogP contribution is 2.33. The zero-order chi connectivity index (χ0) is 21.5. The van der Waals surface area contributed by atoms with Crippen molar-refractivity contribution < 1.29 is 14.6 Å². The van der Waals surface area contributed by atoms with Crippen molar-refractivity contribution in [2.45, 2.75) is 18.9 Å². The molecule has 3 rings (SSSR count). The van der Waals surface area contributed by atoms with E-state index < -0.39 is 0 Å². The molecule has 0 amide bonds. The third-order valence-corrected chi connectivity index (χ3v) is 5.45. The van der Waals surface area contributed by atoms with Crippen molar-refractivity contribution in [2.75, 3.05) is 45.8 Å². The van der Waals surface area contributed by atoms with Gasteiger partial charge in [0.15, 0.2) is 5.96 Å². The first-order chi connectivity index (χ1) is 14.5. The van der Waals surface area contributed by atoms with Crippen LogP contribution in [0.25, 0.3) is 0 Å². The average molecular weight is 433 g/mol. The predicted octanol–water partition coefficient (Wildman–Crippen LogP) is 3.05. The van der Waals surface area contributed by atoms with Crippen LogP contribution in [0.4, 0.5) is 5.69 Å². The molecule has 1 aliphatic rings. The molecule has 2 aromatic rings. The van der Waals surface area contributed by atoms with Gasteiger partial charge >= 0.3 is 0 Å². The summed E-state index contributed by atoms with van der Waals surface area (Å²) in [6.45, 7) is 2.39. The summed E-state index contributed by atoms with van der Waals surface area (Å²) in [5.41, 5.74) is 1.87. The van der Waals surface area contributed by atoms with Crippen LogP contribution in [0.2, 0.25) is 5.02 Å². The van der Waals surface area contributed by atoms with Crippen LogP contribution in [0.15, 0.2) is 41.4 Å². The Morgan fingerprint density at radius 1 is 1.23 bits per heavy atom. The summed E-state index contributed by atoms with van der Waals surface area (Å²) in [5, 5.41) is 17.6. The number of rotatable bonds is 7. The van der Waals surface area contributed by atoms with Gasteiger partial charge in [-0.15, -0.1) is 0 Å². The topological polar surface area (TPSA) is 78.4 Å². The molecule has 3 N–H and O–H groups in total. The molecule has 1 atom stereocenters. The molecule has 1 fully saturated rings. The number of nitrogens with zero attached hydrogens (tertiary/aromatic N) is 2. The van der Waals surface area contributed by atoms with Crippen LogP contribution in [0, 0.1) is 0 Å². The summed E-state index contributed by atoms with van der Waals surface area (Å²) in [6.07, 6.45) is 1.66. The number of benzene rings is 2. The van der Waals surface area contributed by atoms with Crippen LogP contribution in [-0.2, 0) is 6.42 Å². The lowest BCUT2D eigenvalue weighted by molar-refractivity contribution is 0.406. The van der Waals surface area contributed by atoms with Gasteiger partial charge in [-0.1, -0.05) is 17.7 Å². The summed E-state index contributed by atoms with van der Waals surface area (Å²) in [4.78, 5) is 6.59. The highest BCUT2D eigenvalue weighted by atomic mass is 35.5. The van der Waals surface area contributed by atoms with Crippen molar-refractivity contribution in [2.24, 2.45) is 4.99 Å². The quantitative estimate of drug-likeness (QED) is 0.461. The number of methoxy groups -OCH3 is 2. The number of hydrogen-bond acceptors (Lipinski definition) is 5. The van der Waals surface area contributed by atoms with E-state index in [0.717, 1.165) is 42.5 Å². The molecule has 0 radical (unpaired) electrons. The molecule has 0 spiro atoms. The summed E-state index contributed by atoms with van der Waals surface area (Å²) < 4.78 is 10.6. The first kappa shape index (κ1) is 21.9. The smallest absolute Gasteiger partial charge is 0.191 e. The molecule has 1 heterocycles. The summed E-state index contributed by atoms with van der Waals surface area (Å²) in [7, 11) is 5.01. The molecule has 7 nitrogen and oxygen atoms in total. The van der Waals surface area contributed by atoms with E-state index in [0.29, 0.717) is 23.7 Å². The number of aliphatic imine (C=N–C) groups is 1. The number of halogens is 1. The predicted molar refractivity (Wildman–Crippen MR) is 121 cm³/mol. The zero-order valence-electron chi connectivity index (χ0n) is 17.6. The number of phenols is 1. The number of hydrogen-bond donors (Lipinski definition) is 3. The van der Waals surface area contributed by atoms with Crippen molar-refractivity contribution in [3.63, 3.8) is 0 Å². The van der Waals surface area contributed by atoms with Gasteiger partial charge in [0.05, 0.1) is 19.9 Å². The minimum atomic E-state index is 0.237. The maximum atomic E-state index is 10.1. The Morgan fingerprint density at radius 2 is 2.07 bits per heavy atom. The Bertz CT molecular complexity index is 891. The molecule has 1 aliphatic heterocycles. The first-order valence-electron chi connectivity index (χ1n) is 9.95. The first-order valence-corrected chi connectivity index (χ1v) is 10.3. The SMILES string of the molecule is CN=C(NCCc1ccc(OC)cc1O)NC1CCN(c2cc(Cl)ccc2OC)C1. The second-order valence-corrected chi connectivity index (χ2v) is 7.57. The molecule has 8 heteroatoms. The van der Waals surface area contributed by atoms with E-state index in [1.165, 1.54) is 0 Å². The lowest BCUT2D eigenvalue weighted by atomic mass is 10.1. The summed E-state index contributed by atoms with van der Waals surface area (Å²) in [6, 6.07) is 11.3. The monoisotopic (exact) mass is 432 g/mol. The minimum absolute atomic E-state index is 0.237. The van der Waals surface area contributed by atoms with Gasteiger partial charge in [0, 0.05) is 43.8 Å². The second-order valence-electron chi connectivity index (χ2n) is 7.14. The third kappa shape index (κ3) is 5.42. The van der Waals surface area contributed by atoms with Crippen LogP contribution >= 0.6 is 11.6 Å². The Balaban J connectivity index is 1.52. The second kappa shape index (κ2) is 10.3. The molecule has 1 unspecified atom stereocenters. The Labute approximate surface area is 182 Å². The van der Waals surface area contributed by atoms with Crippen LogP contribution in [0.1, 0.15) is 12.0 Å². The van der Waals surface area contributed by atoms with Crippen LogP contribution in [0.3, 0.4) is 0 Å². The number of anilines is 1. The van der Waals surface area contributed by atoms with E-state index in [-0.39, 0.29) is 11.8 Å². The van der Waals surface area contributed by atoms with Gasteiger partial charge in [-0.2, -0.15) is 0 Å². The van der Waals surface area contributed by atoms with E-state index in [4.69, 9.17) is 21.1 Å². The van der Waals surface area contributed by atoms with Gasteiger partial charge in [-0.25, -0.2) is 0 Å². The van der Waals surface area contributed by atoms with E-state index in [2.05, 4.69) is 20.5 Å². The van der Waals surface area contributed by atoms with Crippen LogP contribution < -0.4 is 25.0 Å². The lowest BCUT2D eigenvalue weighted by Gasteiger charge is -2.22.